The van der Waals surface area contributed by atoms with E-state index in [9.17, 15) is 9.59 Å². The van der Waals surface area contributed by atoms with Gasteiger partial charge in [-0.25, -0.2) is 0 Å². The molecule has 4 fully saturated rings. The number of Topliss-reactive ketones (excluding diaryl/α,β-unsaturated/α-hetero) is 1. The van der Waals surface area contributed by atoms with Crippen molar-refractivity contribution in [3.63, 3.8) is 0 Å². The third-order valence-electron chi connectivity index (χ3n) is 7.46. The van der Waals surface area contributed by atoms with E-state index in [0.717, 1.165) is 23.5 Å². The first kappa shape index (κ1) is 19.5. The normalized spacial score (nSPS) is 31.4. The molecular formula is C24H33NO3. The molecule has 1 aromatic carbocycles. The van der Waals surface area contributed by atoms with Crippen molar-refractivity contribution in [2.75, 3.05) is 6.61 Å². The summed E-state index contributed by atoms with van der Waals surface area (Å²) in [5, 5.41) is 3.32. The van der Waals surface area contributed by atoms with E-state index in [1.54, 1.807) is 19.1 Å². The van der Waals surface area contributed by atoms with E-state index in [-0.39, 0.29) is 17.7 Å². The largest absolute Gasteiger partial charge is 0.494 e. The van der Waals surface area contributed by atoms with Gasteiger partial charge in [-0.3, -0.25) is 9.59 Å². The molecule has 4 bridgehead atoms. The average molecular weight is 384 g/mol. The number of benzene rings is 1. The minimum absolute atomic E-state index is 0.0522. The zero-order chi connectivity index (χ0) is 19.7. The zero-order valence-electron chi connectivity index (χ0n) is 17.2. The predicted molar refractivity (Wildman–Crippen MR) is 109 cm³/mol. The van der Waals surface area contributed by atoms with E-state index in [4.69, 9.17) is 4.74 Å². The fourth-order valence-electron chi connectivity index (χ4n) is 6.38. The Bertz CT molecular complexity index is 689. The van der Waals surface area contributed by atoms with Crippen LogP contribution in [0.4, 0.5) is 0 Å². The molecule has 0 heterocycles. The van der Waals surface area contributed by atoms with Crippen molar-refractivity contribution in [2.24, 2.45) is 23.2 Å². The van der Waals surface area contributed by atoms with Crippen LogP contribution in [0.15, 0.2) is 24.3 Å². The molecule has 4 aliphatic rings. The lowest BCUT2D eigenvalue weighted by Gasteiger charge is -2.59. The number of amides is 1. The predicted octanol–water partition coefficient (Wildman–Crippen LogP) is 4.77. The van der Waals surface area contributed by atoms with Crippen molar-refractivity contribution >= 4 is 11.7 Å². The van der Waals surface area contributed by atoms with Crippen LogP contribution in [-0.4, -0.2) is 24.3 Å². The summed E-state index contributed by atoms with van der Waals surface area (Å²) in [6.45, 7) is 4.30. The van der Waals surface area contributed by atoms with Crippen LogP contribution >= 0.6 is 0 Å². The summed E-state index contributed by atoms with van der Waals surface area (Å²) in [6, 6.07) is 7.46. The SMILES string of the molecule is CC(=O)c1ccc(OCCCC(=O)NC(C)C23CC4CC(CC(C4)C2)C3)cc1. The first-order chi connectivity index (χ1) is 13.4. The maximum absolute atomic E-state index is 12.5. The molecule has 4 saturated carbocycles. The van der Waals surface area contributed by atoms with Gasteiger partial charge < -0.3 is 10.1 Å². The molecule has 4 aliphatic carbocycles. The van der Waals surface area contributed by atoms with Crippen molar-refractivity contribution in [2.45, 2.75) is 71.3 Å². The summed E-state index contributed by atoms with van der Waals surface area (Å²) in [4.78, 5) is 23.8. The molecule has 0 spiro atoms. The fraction of sp³-hybridized carbons (Fsp3) is 0.667. The van der Waals surface area contributed by atoms with E-state index in [1.807, 2.05) is 12.1 Å². The van der Waals surface area contributed by atoms with E-state index < -0.39 is 0 Å². The van der Waals surface area contributed by atoms with E-state index in [0.29, 0.717) is 30.4 Å². The monoisotopic (exact) mass is 383 g/mol. The van der Waals surface area contributed by atoms with Gasteiger partial charge in [-0.05, 0) is 106 Å². The van der Waals surface area contributed by atoms with Gasteiger partial charge in [-0.15, -0.1) is 0 Å². The minimum Gasteiger partial charge on any atom is -0.494 e. The zero-order valence-corrected chi connectivity index (χ0v) is 17.2. The van der Waals surface area contributed by atoms with E-state index in [1.165, 1.54) is 38.5 Å². The van der Waals surface area contributed by atoms with Gasteiger partial charge in [0.25, 0.3) is 0 Å². The lowest BCUT2D eigenvalue weighted by molar-refractivity contribution is -0.126. The fourth-order valence-corrected chi connectivity index (χ4v) is 6.38. The van der Waals surface area contributed by atoms with Gasteiger partial charge in [-0.1, -0.05) is 0 Å². The van der Waals surface area contributed by atoms with Crippen LogP contribution in [0.1, 0.15) is 75.6 Å². The Morgan fingerprint density at radius 1 is 1.07 bits per heavy atom. The molecule has 152 valence electrons. The molecule has 0 aliphatic heterocycles. The first-order valence-electron chi connectivity index (χ1n) is 11.0. The van der Waals surface area contributed by atoms with Crippen molar-refractivity contribution in [3.8, 4) is 5.75 Å². The highest BCUT2D eigenvalue weighted by Gasteiger charge is 2.53. The number of hydrogen-bond donors (Lipinski definition) is 1. The van der Waals surface area contributed by atoms with Crippen molar-refractivity contribution < 1.29 is 14.3 Å². The van der Waals surface area contributed by atoms with Crippen molar-refractivity contribution in [1.82, 2.24) is 5.32 Å². The van der Waals surface area contributed by atoms with Gasteiger partial charge in [0.05, 0.1) is 6.61 Å². The Hall–Kier alpha value is -1.84. The highest BCUT2D eigenvalue weighted by atomic mass is 16.5. The smallest absolute Gasteiger partial charge is 0.220 e. The van der Waals surface area contributed by atoms with E-state index in [2.05, 4.69) is 12.2 Å². The highest BCUT2D eigenvalue weighted by Crippen LogP contribution is 2.61. The number of ketones is 1. The molecule has 0 radical (unpaired) electrons. The van der Waals surface area contributed by atoms with Gasteiger partial charge in [0, 0.05) is 18.0 Å². The van der Waals surface area contributed by atoms with Gasteiger partial charge >= 0.3 is 0 Å². The number of rotatable bonds is 8. The van der Waals surface area contributed by atoms with Gasteiger partial charge in [0.1, 0.15) is 5.75 Å². The highest BCUT2D eigenvalue weighted by molar-refractivity contribution is 5.94. The number of nitrogens with one attached hydrogen (secondary N) is 1. The van der Waals surface area contributed by atoms with E-state index >= 15 is 0 Å². The Morgan fingerprint density at radius 3 is 2.18 bits per heavy atom. The van der Waals surface area contributed by atoms with Gasteiger partial charge in [-0.2, -0.15) is 0 Å². The molecule has 1 atom stereocenters. The van der Waals surface area contributed by atoms with Crippen LogP contribution < -0.4 is 10.1 Å². The third-order valence-corrected chi connectivity index (χ3v) is 7.46. The lowest BCUT2D eigenvalue weighted by atomic mass is 9.48. The second kappa shape index (κ2) is 7.88. The number of hydrogen-bond acceptors (Lipinski definition) is 3. The van der Waals surface area contributed by atoms with Crippen LogP contribution in [0.2, 0.25) is 0 Å². The molecule has 0 aromatic heterocycles. The number of carbonyl (C=O) groups is 2. The Labute approximate surface area is 168 Å². The quantitative estimate of drug-likeness (QED) is 0.520. The molecule has 0 saturated heterocycles. The number of ether oxygens (including phenoxy) is 1. The molecule has 1 N–H and O–H groups in total. The van der Waals surface area contributed by atoms with Crippen LogP contribution in [-0.2, 0) is 4.79 Å². The summed E-state index contributed by atoms with van der Waals surface area (Å²) in [5.41, 5.74) is 1.05. The van der Waals surface area contributed by atoms with Gasteiger partial charge in [0.15, 0.2) is 5.78 Å². The Balaban J connectivity index is 1.20. The summed E-state index contributed by atoms with van der Waals surface area (Å²) in [6.07, 6.45) is 9.47. The molecule has 1 unspecified atom stereocenters. The molecule has 28 heavy (non-hydrogen) atoms. The third kappa shape index (κ3) is 4.11. The minimum atomic E-state index is 0.0522. The second-order valence-corrected chi connectivity index (χ2v) is 9.60. The Morgan fingerprint density at radius 2 is 1.64 bits per heavy atom. The van der Waals surface area contributed by atoms with Crippen molar-refractivity contribution in [1.29, 1.82) is 0 Å². The summed E-state index contributed by atoms with van der Waals surface area (Å²) in [5.74, 6) is 3.68. The molecule has 1 aromatic rings. The Kier molecular flexibility index (Phi) is 5.48. The van der Waals surface area contributed by atoms with Crippen molar-refractivity contribution in [3.05, 3.63) is 29.8 Å². The van der Waals surface area contributed by atoms with Gasteiger partial charge in [0.2, 0.25) is 5.91 Å². The topological polar surface area (TPSA) is 55.4 Å². The molecular weight excluding hydrogens is 350 g/mol. The maximum Gasteiger partial charge on any atom is 0.220 e. The summed E-state index contributed by atoms with van der Waals surface area (Å²) < 4.78 is 5.71. The first-order valence-corrected chi connectivity index (χ1v) is 11.0. The summed E-state index contributed by atoms with van der Waals surface area (Å²) >= 11 is 0. The molecule has 1 amide bonds. The molecule has 5 rings (SSSR count). The second-order valence-electron chi connectivity index (χ2n) is 9.60. The van der Waals surface area contributed by atoms with Crippen LogP contribution in [0.25, 0.3) is 0 Å². The van der Waals surface area contributed by atoms with Crippen LogP contribution in [0, 0.1) is 23.2 Å². The summed E-state index contributed by atoms with van der Waals surface area (Å²) in [7, 11) is 0. The van der Waals surface area contributed by atoms with Crippen LogP contribution in [0.5, 0.6) is 5.75 Å². The standard InChI is InChI=1S/C24H33NO3/c1-16(26)21-5-7-22(8-6-21)28-9-3-4-23(27)25-17(2)24-13-18-10-19(14-24)12-20(11-18)15-24/h5-8,17-20H,3-4,9-15H2,1-2H3,(H,25,27). The maximum atomic E-state index is 12.5. The molecule has 4 nitrogen and oxygen atoms in total. The van der Waals surface area contributed by atoms with Crippen LogP contribution in [0.3, 0.4) is 0 Å². The lowest BCUT2D eigenvalue weighted by Crippen LogP contribution is -2.55. The number of carbonyl (C=O) groups excluding carboxylic acids is 2. The molecule has 4 heteroatoms. The average Bonchev–Trinajstić information content (AvgIpc) is 2.64.